The summed E-state index contributed by atoms with van der Waals surface area (Å²) >= 11 is 0. The summed E-state index contributed by atoms with van der Waals surface area (Å²) in [4.78, 5) is 2.19. The van der Waals surface area contributed by atoms with Crippen molar-refractivity contribution in [2.24, 2.45) is 5.92 Å². The number of sulfonamides is 1. The normalized spacial score (nSPS) is 26.2. The lowest BCUT2D eigenvalue weighted by Crippen LogP contribution is -2.48. The van der Waals surface area contributed by atoms with Crippen LogP contribution in [0.5, 0.6) is 0 Å². The highest BCUT2D eigenvalue weighted by molar-refractivity contribution is 7.89. The van der Waals surface area contributed by atoms with Crippen molar-refractivity contribution >= 4 is 10.0 Å². The summed E-state index contributed by atoms with van der Waals surface area (Å²) in [5.74, 6) is 0.796. The molecule has 0 spiro atoms. The van der Waals surface area contributed by atoms with Gasteiger partial charge in [-0.2, -0.15) is 4.31 Å². The van der Waals surface area contributed by atoms with E-state index in [0.717, 1.165) is 25.9 Å². The third-order valence-electron chi connectivity index (χ3n) is 4.03. The van der Waals surface area contributed by atoms with Gasteiger partial charge in [0, 0.05) is 26.2 Å². The summed E-state index contributed by atoms with van der Waals surface area (Å²) in [5, 5.41) is 0. The molecular formula is C12H24N2O2S. The molecule has 0 aromatic carbocycles. The minimum Gasteiger partial charge on any atom is -0.304 e. The average Bonchev–Trinajstić information content (AvgIpc) is 2.30. The van der Waals surface area contributed by atoms with Crippen molar-refractivity contribution in [2.45, 2.75) is 32.1 Å². The van der Waals surface area contributed by atoms with Gasteiger partial charge in [-0.1, -0.05) is 19.3 Å². The molecule has 1 aliphatic carbocycles. The van der Waals surface area contributed by atoms with Crippen LogP contribution in [0.4, 0.5) is 0 Å². The molecule has 2 aliphatic rings. The maximum Gasteiger partial charge on any atom is 0.214 e. The van der Waals surface area contributed by atoms with Crippen LogP contribution < -0.4 is 0 Å². The molecule has 1 saturated heterocycles. The van der Waals surface area contributed by atoms with E-state index in [1.807, 2.05) is 7.05 Å². The first-order chi connectivity index (χ1) is 8.08. The summed E-state index contributed by atoms with van der Waals surface area (Å²) in [6, 6.07) is 0. The maximum atomic E-state index is 12.3. The fourth-order valence-electron chi connectivity index (χ4n) is 2.82. The van der Waals surface area contributed by atoms with E-state index in [4.69, 9.17) is 0 Å². The lowest BCUT2D eigenvalue weighted by Gasteiger charge is -2.33. The van der Waals surface area contributed by atoms with Gasteiger partial charge in [-0.15, -0.1) is 0 Å². The topological polar surface area (TPSA) is 40.6 Å². The molecule has 2 rings (SSSR count). The zero-order valence-corrected chi connectivity index (χ0v) is 11.6. The monoisotopic (exact) mass is 260 g/mol. The molecule has 2 fully saturated rings. The second-order valence-electron chi connectivity index (χ2n) is 5.48. The van der Waals surface area contributed by atoms with Gasteiger partial charge in [0.05, 0.1) is 5.75 Å². The van der Waals surface area contributed by atoms with E-state index in [-0.39, 0.29) is 0 Å². The molecule has 0 N–H and O–H groups in total. The first kappa shape index (κ1) is 13.3. The largest absolute Gasteiger partial charge is 0.304 e. The first-order valence-corrected chi connectivity index (χ1v) is 8.35. The predicted octanol–water partition coefficient (Wildman–Crippen LogP) is 1.14. The predicted molar refractivity (Wildman–Crippen MR) is 69.4 cm³/mol. The fraction of sp³-hybridized carbons (Fsp3) is 1.00. The lowest BCUT2D eigenvalue weighted by atomic mass is 9.91. The average molecular weight is 260 g/mol. The number of rotatable bonds is 3. The second kappa shape index (κ2) is 5.67. The molecular weight excluding hydrogens is 236 g/mol. The Morgan fingerprint density at radius 1 is 1.00 bits per heavy atom. The zero-order valence-electron chi connectivity index (χ0n) is 10.8. The Morgan fingerprint density at radius 2 is 1.59 bits per heavy atom. The smallest absolute Gasteiger partial charge is 0.214 e. The summed E-state index contributed by atoms with van der Waals surface area (Å²) in [5.41, 5.74) is 0. The van der Waals surface area contributed by atoms with Crippen molar-refractivity contribution in [2.75, 3.05) is 39.0 Å². The van der Waals surface area contributed by atoms with Crippen LogP contribution in [0, 0.1) is 5.92 Å². The number of likely N-dealkylation sites (N-methyl/N-ethyl adjacent to an activating group) is 1. The van der Waals surface area contributed by atoms with Crippen LogP contribution in [0.3, 0.4) is 0 Å². The summed E-state index contributed by atoms with van der Waals surface area (Å²) < 4.78 is 26.2. The van der Waals surface area contributed by atoms with Crippen LogP contribution >= 0.6 is 0 Å². The van der Waals surface area contributed by atoms with E-state index < -0.39 is 10.0 Å². The van der Waals surface area contributed by atoms with Crippen LogP contribution in [0.2, 0.25) is 0 Å². The standard InChI is InChI=1S/C12H24N2O2S/c1-13-7-9-14(10-8-13)17(15,16)11-12-5-3-2-4-6-12/h12H,2-11H2,1H3. The fourth-order valence-corrected chi connectivity index (χ4v) is 4.68. The van der Waals surface area contributed by atoms with Crippen molar-refractivity contribution in [3.63, 3.8) is 0 Å². The Kier molecular flexibility index (Phi) is 4.44. The minimum atomic E-state index is -3.00. The van der Waals surface area contributed by atoms with Crippen molar-refractivity contribution < 1.29 is 8.42 Å². The third-order valence-corrected chi connectivity index (χ3v) is 6.07. The molecule has 1 aliphatic heterocycles. The van der Waals surface area contributed by atoms with E-state index in [0.29, 0.717) is 24.8 Å². The van der Waals surface area contributed by atoms with Gasteiger partial charge < -0.3 is 4.90 Å². The van der Waals surface area contributed by atoms with Gasteiger partial charge in [-0.25, -0.2) is 8.42 Å². The van der Waals surface area contributed by atoms with E-state index in [9.17, 15) is 8.42 Å². The molecule has 4 nitrogen and oxygen atoms in total. The van der Waals surface area contributed by atoms with Crippen molar-refractivity contribution in [3.05, 3.63) is 0 Å². The van der Waals surface area contributed by atoms with Gasteiger partial charge in [0.25, 0.3) is 0 Å². The van der Waals surface area contributed by atoms with Crippen LogP contribution in [0.15, 0.2) is 0 Å². The van der Waals surface area contributed by atoms with Gasteiger partial charge in [-0.3, -0.25) is 0 Å². The second-order valence-corrected chi connectivity index (χ2v) is 7.50. The molecule has 0 atom stereocenters. The highest BCUT2D eigenvalue weighted by Crippen LogP contribution is 2.26. The Labute approximate surface area is 105 Å². The van der Waals surface area contributed by atoms with Crippen LogP contribution in [-0.2, 0) is 10.0 Å². The molecule has 1 heterocycles. The zero-order chi connectivity index (χ0) is 12.3. The van der Waals surface area contributed by atoms with Crippen molar-refractivity contribution in [1.29, 1.82) is 0 Å². The molecule has 0 radical (unpaired) electrons. The highest BCUT2D eigenvalue weighted by atomic mass is 32.2. The Morgan fingerprint density at radius 3 is 2.18 bits per heavy atom. The quantitative estimate of drug-likeness (QED) is 0.764. The lowest BCUT2D eigenvalue weighted by molar-refractivity contribution is 0.221. The maximum absolute atomic E-state index is 12.3. The summed E-state index contributed by atoms with van der Waals surface area (Å²) in [6.07, 6.45) is 5.91. The molecule has 17 heavy (non-hydrogen) atoms. The minimum absolute atomic E-state index is 0.386. The first-order valence-electron chi connectivity index (χ1n) is 6.74. The molecule has 1 saturated carbocycles. The third kappa shape index (κ3) is 3.66. The SMILES string of the molecule is CN1CCN(S(=O)(=O)CC2CCCCC2)CC1. The molecule has 0 aromatic rings. The Bertz CT molecular complexity index is 328. The molecule has 0 unspecified atom stereocenters. The number of piperazine rings is 1. The van der Waals surface area contributed by atoms with E-state index in [1.165, 1.54) is 19.3 Å². The molecule has 0 amide bonds. The van der Waals surface area contributed by atoms with E-state index in [1.54, 1.807) is 4.31 Å². The van der Waals surface area contributed by atoms with Gasteiger partial charge in [0.2, 0.25) is 10.0 Å². The van der Waals surface area contributed by atoms with Gasteiger partial charge in [-0.05, 0) is 25.8 Å². The molecule has 5 heteroatoms. The highest BCUT2D eigenvalue weighted by Gasteiger charge is 2.29. The van der Waals surface area contributed by atoms with Crippen LogP contribution in [-0.4, -0.2) is 56.6 Å². The van der Waals surface area contributed by atoms with Gasteiger partial charge >= 0.3 is 0 Å². The van der Waals surface area contributed by atoms with Crippen molar-refractivity contribution in [1.82, 2.24) is 9.21 Å². The van der Waals surface area contributed by atoms with Crippen LogP contribution in [0.1, 0.15) is 32.1 Å². The number of nitrogens with zero attached hydrogens (tertiary/aromatic N) is 2. The molecule has 0 bridgehead atoms. The van der Waals surface area contributed by atoms with Crippen molar-refractivity contribution in [3.8, 4) is 0 Å². The number of hydrogen-bond donors (Lipinski definition) is 0. The van der Waals surface area contributed by atoms with Gasteiger partial charge in [0.15, 0.2) is 0 Å². The summed E-state index contributed by atoms with van der Waals surface area (Å²) in [6.45, 7) is 3.07. The van der Waals surface area contributed by atoms with E-state index in [2.05, 4.69) is 4.90 Å². The number of hydrogen-bond acceptors (Lipinski definition) is 3. The Balaban J connectivity index is 1.89. The van der Waals surface area contributed by atoms with E-state index >= 15 is 0 Å². The Hall–Kier alpha value is -0.130. The van der Waals surface area contributed by atoms with Gasteiger partial charge in [0.1, 0.15) is 0 Å². The van der Waals surface area contributed by atoms with Crippen LogP contribution in [0.25, 0.3) is 0 Å². The molecule has 100 valence electrons. The molecule has 0 aromatic heterocycles. The summed E-state index contributed by atoms with van der Waals surface area (Å²) in [7, 11) is -0.953.